The van der Waals surface area contributed by atoms with Crippen LogP contribution in [0.25, 0.3) is 21.9 Å². The van der Waals surface area contributed by atoms with Crippen LogP contribution in [0.5, 0.6) is 5.75 Å². The first-order valence-electron chi connectivity index (χ1n) is 13.4. The number of anilines is 1. The number of fused-ring (bicyclic) bond motifs is 1. The molecule has 0 spiro atoms. The van der Waals surface area contributed by atoms with E-state index in [-0.39, 0.29) is 0 Å². The van der Waals surface area contributed by atoms with E-state index in [0.717, 1.165) is 36.2 Å². The molecule has 6 nitrogen and oxygen atoms in total. The summed E-state index contributed by atoms with van der Waals surface area (Å²) in [7, 11) is 1.65. The highest BCUT2D eigenvalue weighted by Gasteiger charge is 2.16. The molecule has 1 aliphatic heterocycles. The molecule has 0 atom stereocenters. The number of hydrogen-bond acceptors (Lipinski definition) is 6. The largest absolute Gasteiger partial charge is 0.489 e. The van der Waals surface area contributed by atoms with Gasteiger partial charge in [0.2, 0.25) is 0 Å². The predicted octanol–water partition coefficient (Wildman–Crippen LogP) is 5.99. The van der Waals surface area contributed by atoms with Crippen molar-refractivity contribution in [2.24, 2.45) is 0 Å². The molecule has 6 heteroatoms. The minimum absolute atomic E-state index is 0.375. The average Bonchev–Trinajstić information content (AvgIpc) is 2.95. The molecule has 0 N–H and O–H groups in total. The lowest BCUT2D eigenvalue weighted by Crippen LogP contribution is -2.29. The van der Waals surface area contributed by atoms with Gasteiger partial charge in [0.15, 0.2) is 0 Å². The summed E-state index contributed by atoms with van der Waals surface area (Å²) in [6, 6.07) is 19.7. The Labute approximate surface area is 220 Å². The third-order valence-electron chi connectivity index (χ3n) is 6.87. The lowest BCUT2D eigenvalue weighted by atomic mass is 9.94. The Morgan fingerprint density at radius 2 is 1.51 bits per heavy atom. The molecule has 0 aliphatic carbocycles. The van der Waals surface area contributed by atoms with E-state index >= 15 is 0 Å². The molecule has 3 aromatic carbocycles. The van der Waals surface area contributed by atoms with Gasteiger partial charge in [0.1, 0.15) is 24.0 Å². The van der Waals surface area contributed by atoms with Crippen LogP contribution in [0.1, 0.15) is 37.3 Å². The number of aryl methyl sites for hydroxylation is 1. The fraction of sp³-hybridized carbons (Fsp3) is 0.452. The van der Waals surface area contributed by atoms with Crippen molar-refractivity contribution in [2.45, 2.75) is 32.6 Å². The molecule has 1 saturated heterocycles. The lowest BCUT2D eigenvalue weighted by molar-refractivity contribution is 0.0179. The number of ether oxygens (including phenoxy) is 4. The Hall–Kier alpha value is -3.11. The van der Waals surface area contributed by atoms with Crippen LogP contribution in [0.4, 0.5) is 5.69 Å². The normalized spacial score (nSPS) is 13.6. The van der Waals surface area contributed by atoms with Gasteiger partial charge in [-0.1, -0.05) is 37.3 Å². The summed E-state index contributed by atoms with van der Waals surface area (Å²) in [5.41, 5.74) is 4.81. The molecule has 1 heterocycles. The molecular weight excluding hydrogens is 464 g/mol. The summed E-state index contributed by atoms with van der Waals surface area (Å²) >= 11 is 0. The van der Waals surface area contributed by atoms with Crippen molar-refractivity contribution in [1.29, 1.82) is 5.26 Å². The maximum atomic E-state index is 10.1. The Balaban J connectivity index is 1.47. The highest BCUT2D eigenvalue weighted by Crippen LogP contribution is 2.36. The van der Waals surface area contributed by atoms with Gasteiger partial charge in [-0.3, -0.25) is 0 Å². The Morgan fingerprint density at radius 3 is 2.24 bits per heavy atom. The van der Waals surface area contributed by atoms with E-state index in [1.165, 1.54) is 35.7 Å². The number of nitriles is 1. The second-order valence-electron chi connectivity index (χ2n) is 9.30. The summed E-state index contributed by atoms with van der Waals surface area (Å²) in [4.78, 5) is 2.48. The number of piperidine rings is 1. The Morgan fingerprint density at radius 1 is 0.811 bits per heavy atom. The zero-order valence-electron chi connectivity index (χ0n) is 22.1. The molecule has 4 rings (SSSR count). The van der Waals surface area contributed by atoms with Crippen LogP contribution in [0.2, 0.25) is 0 Å². The third-order valence-corrected chi connectivity index (χ3v) is 6.87. The van der Waals surface area contributed by atoms with Gasteiger partial charge < -0.3 is 23.8 Å². The minimum atomic E-state index is 0.375. The van der Waals surface area contributed by atoms with Crippen LogP contribution in [0.3, 0.4) is 0 Å². The number of methoxy groups -OCH3 is 1. The van der Waals surface area contributed by atoms with Gasteiger partial charge in [-0.15, -0.1) is 0 Å². The van der Waals surface area contributed by atoms with Crippen molar-refractivity contribution in [3.8, 4) is 22.9 Å². The van der Waals surface area contributed by atoms with Crippen LogP contribution in [-0.4, -0.2) is 59.8 Å². The predicted molar refractivity (Wildman–Crippen MR) is 149 cm³/mol. The molecule has 0 unspecified atom stereocenters. The standard InChI is InChI=1S/C31H38N2O4/c1-3-24-10-12-29(30(23-32)31(24)37-20-19-36-18-17-35-16-15-34-2)27-8-7-26-22-28(11-9-25(26)21-27)33-13-5-4-6-14-33/h7-12,21-22H,3-6,13-20H2,1-2H3. The lowest BCUT2D eigenvalue weighted by Gasteiger charge is -2.29. The molecule has 196 valence electrons. The summed E-state index contributed by atoms with van der Waals surface area (Å²) in [6.07, 6.45) is 4.65. The van der Waals surface area contributed by atoms with E-state index in [0.29, 0.717) is 51.0 Å². The monoisotopic (exact) mass is 502 g/mol. The Bertz CT molecular complexity index is 1200. The maximum absolute atomic E-state index is 10.1. The first kappa shape index (κ1) is 26.9. The summed E-state index contributed by atoms with van der Waals surface area (Å²) < 4.78 is 22.1. The first-order chi connectivity index (χ1) is 18.2. The van der Waals surface area contributed by atoms with Crippen molar-refractivity contribution in [1.82, 2.24) is 0 Å². The van der Waals surface area contributed by atoms with E-state index in [9.17, 15) is 5.26 Å². The number of nitrogens with zero attached hydrogens (tertiary/aromatic N) is 2. The molecule has 0 radical (unpaired) electrons. The number of benzene rings is 3. The molecule has 0 amide bonds. The van der Waals surface area contributed by atoms with Crippen LogP contribution in [0.15, 0.2) is 48.5 Å². The van der Waals surface area contributed by atoms with Crippen molar-refractivity contribution in [3.63, 3.8) is 0 Å². The summed E-state index contributed by atoms with van der Waals surface area (Å²) in [6.45, 7) is 7.30. The minimum Gasteiger partial charge on any atom is -0.489 e. The van der Waals surface area contributed by atoms with Crippen molar-refractivity contribution >= 4 is 16.5 Å². The first-order valence-corrected chi connectivity index (χ1v) is 13.4. The quantitative estimate of drug-likeness (QED) is 0.268. The van der Waals surface area contributed by atoms with Crippen molar-refractivity contribution in [2.75, 3.05) is 64.7 Å². The molecule has 37 heavy (non-hydrogen) atoms. The molecule has 0 saturated carbocycles. The fourth-order valence-electron chi connectivity index (χ4n) is 4.84. The van der Waals surface area contributed by atoms with E-state index in [1.807, 2.05) is 6.07 Å². The summed E-state index contributed by atoms with van der Waals surface area (Å²) in [5, 5.41) is 12.5. The highest BCUT2D eigenvalue weighted by atomic mass is 16.6. The van der Waals surface area contributed by atoms with Crippen LogP contribution in [0, 0.1) is 11.3 Å². The van der Waals surface area contributed by atoms with E-state index < -0.39 is 0 Å². The van der Waals surface area contributed by atoms with E-state index in [1.54, 1.807) is 7.11 Å². The number of hydrogen-bond donors (Lipinski definition) is 0. The zero-order chi connectivity index (χ0) is 25.9. The van der Waals surface area contributed by atoms with Gasteiger partial charge in [-0.25, -0.2) is 0 Å². The summed E-state index contributed by atoms with van der Waals surface area (Å²) in [5.74, 6) is 0.656. The second-order valence-corrected chi connectivity index (χ2v) is 9.30. The van der Waals surface area contributed by atoms with Gasteiger partial charge in [-0.2, -0.15) is 5.26 Å². The highest BCUT2D eigenvalue weighted by molar-refractivity contribution is 5.91. The molecular formula is C31H38N2O4. The van der Waals surface area contributed by atoms with Gasteiger partial charge in [0.05, 0.1) is 33.0 Å². The molecule has 0 aromatic heterocycles. The van der Waals surface area contributed by atoms with Crippen molar-refractivity contribution < 1.29 is 18.9 Å². The van der Waals surface area contributed by atoms with Crippen LogP contribution >= 0.6 is 0 Å². The van der Waals surface area contributed by atoms with Crippen molar-refractivity contribution in [3.05, 3.63) is 59.7 Å². The smallest absolute Gasteiger partial charge is 0.140 e. The molecule has 0 bridgehead atoms. The van der Waals surface area contributed by atoms with Gasteiger partial charge in [0.25, 0.3) is 0 Å². The second kappa shape index (κ2) is 14.0. The average molecular weight is 503 g/mol. The molecule has 1 fully saturated rings. The van der Waals surface area contributed by atoms with E-state index in [4.69, 9.17) is 18.9 Å². The molecule has 3 aromatic rings. The molecule has 1 aliphatic rings. The van der Waals surface area contributed by atoms with Crippen LogP contribution < -0.4 is 9.64 Å². The maximum Gasteiger partial charge on any atom is 0.140 e. The topological polar surface area (TPSA) is 64.0 Å². The van der Waals surface area contributed by atoms with Crippen LogP contribution in [-0.2, 0) is 20.6 Å². The zero-order valence-corrected chi connectivity index (χ0v) is 22.1. The van der Waals surface area contributed by atoms with Gasteiger partial charge >= 0.3 is 0 Å². The van der Waals surface area contributed by atoms with E-state index in [2.05, 4.69) is 60.4 Å². The van der Waals surface area contributed by atoms with Gasteiger partial charge in [0, 0.05) is 31.5 Å². The number of rotatable bonds is 13. The third kappa shape index (κ3) is 7.01. The fourth-order valence-corrected chi connectivity index (χ4v) is 4.84. The Kier molecular flexibility index (Phi) is 10.2. The SMILES string of the molecule is CCc1ccc(-c2ccc3cc(N4CCCCC4)ccc3c2)c(C#N)c1OCCOCCOCCOC. The van der Waals surface area contributed by atoms with Gasteiger partial charge in [-0.05, 0) is 65.8 Å².